The first-order valence-electron chi connectivity index (χ1n) is 10.7. The molecule has 0 amide bonds. The largest absolute Gasteiger partial charge is 0.454 e. The normalized spacial score (nSPS) is 47.1. The number of carbonyl (C=O) groups is 3. The zero-order valence-electron chi connectivity index (χ0n) is 16.8. The minimum Gasteiger partial charge on any atom is -0.454 e. The third kappa shape index (κ3) is 2.33. The molecule has 0 aromatic heterocycles. The van der Waals surface area contributed by atoms with Crippen molar-refractivity contribution in [2.45, 2.75) is 69.2 Å². The van der Waals surface area contributed by atoms with Gasteiger partial charge in [0.25, 0.3) is 0 Å². The van der Waals surface area contributed by atoms with Crippen LogP contribution in [0.1, 0.15) is 51.9 Å². The van der Waals surface area contributed by atoms with Gasteiger partial charge in [0.15, 0.2) is 12.4 Å². The number of ether oxygens (including phenoxy) is 2. The van der Waals surface area contributed by atoms with Crippen LogP contribution in [0.2, 0.25) is 0 Å². The van der Waals surface area contributed by atoms with Crippen LogP contribution in [0.3, 0.4) is 0 Å². The van der Waals surface area contributed by atoms with E-state index < -0.39 is 29.4 Å². The summed E-state index contributed by atoms with van der Waals surface area (Å²) in [5.74, 6) is 0.109. The van der Waals surface area contributed by atoms with Crippen molar-refractivity contribution in [1.82, 2.24) is 0 Å². The Morgan fingerprint density at radius 2 is 2.14 bits per heavy atom. The zero-order valence-corrected chi connectivity index (χ0v) is 16.8. The van der Waals surface area contributed by atoms with Crippen LogP contribution in [-0.4, -0.2) is 46.6 Å². The molecule has 1 N–H and O–H groups in total. The first-order chi connectivity index (χ1) is 13.7. The van der Waals surface area contributed by atoms with Crippen LogP contribution in [0.15, 0.2) is 24.3 Å². The van der Waals surface area contributed by atoms with Crippen molar-refractivity contribution in [3.63, 3.8) is 0 Å². The van der Waals surface area contributed by atoms with Crippen molar-refractivity contribution >= 4 is 17.5 Å². The van der Waals surface area contributed by atoms with Crippen molar-refractivity contribution in [2.75, 3.05) is 6.61 Å². The molecule has 29 heavy (non-hydrogen) atoms. The van der Waals surface area contributed by atoms with E-state index in [2.05, 4.69) is 6.58 Å². The Hall–Kier alpha value is -1.79. The van der Waals surface area contributed by atoms with E-state index in [1.54, 1.807) is 0 Å². The molecule has 1 heterocycles. The highest BCUT2D eigenvalue weighted by Gasteiger charge is 2.73. The highest BCUT2D eigenvalue weighted by Crippen LogP contribution is 2.70. The van der Waals surface area contributed by atoms with E-state index in [0.717, 1.165) is 37.3 Å². The molecule has 156 valence electrons. The van der Waals surface area contributed by atoms with Crippen molar-refractivity contribution in [1.29, 1.82) is 0 Å². The van der Waals surface area contributed by atoms with Crippen LogP contribution in [0.4, 0.5) is 0 Å². The molecule has 7 unspecified atom stereocenters. The molecule has 1 saturated heterocycles. The molecule has 6 heteroatoms. The molecule has 0 aromatic rings. The average Bonchev–Trinajstić information content (AvgIpc) is 2.96. The topological polar surface area (TPSA) is 89.9 Å². The van der Waals surface area contributed by atoms with Gasteiger partial charge in [0.2, 0.25) is 5.78 Å². The monoisotopic (exact) mass is 400 g/mol. The highest BCUT2D eigenvalue weighted by molar-refractivity contribution is 5.93. The van der Waals surface area contributed by atoms with E-state index in [4.69, 9.17) is 9.47 Å². The number of carbonyl (C=O) groups excluding carboxylic acids is 3. The second-order valence-corrected chi connectivity index (χ2v) is 9.77. The Kier molecular flexibility index (Phi) is 4.04. The van der Waals surface area contributed by atoms with Crippen LogP contribution in [-0.2, 0) is 23.9 Å². The fraction of sp³-hybridized carbons (Fsp3) is 0.696. The first kappa shape index (κ1) is 19.2. The molecule has 5 rings (SSSR count). The van der Waals surface area contributed by atoms with Gasteiger partial charge < -0.3 is 14.6 Å². The molecule has 0 bridgehead atoms. The van der Waals surface area contributed by atoms with Crippen LogP contribution in [0, 0.1) is 23.2 Å². The summed E-state index contributed by atoms with van der Waals surface area (Å²) in [4.78, 5) is 36.2. The molecule has 4 aliphatic carbocycles. The van der Waals surface area contributed by atoms with Crippen molar-refractivity contribution in [3.8, 4) is 0 Å². The van der Waals surface area contributed by atoms with Gasteiger partial charge >= 0.3 is 5.97 Å². The van der Waals surface area contributed by atoms with E-state index in [1.807, 2.05) is 13.0 Å². The van der Waals surface area contributed by atoms with Gasteiger partial charge in [-0.2, -0.15) is 0 Å². The summed E-state index contributed by atoms with van der Waals surface area (Å²) in [5, 5.41) is 11.5. The van der Waals surface area contributed by atoms with Gasteiger partial charge in [-0.05, 0) is 62.0 Å². The van der Waals surface area contributed by atoms with Crippen LogP contribution < -0.4 is 0 Å². The third-order valence-electron chi connectivity index (χ3n) is 8.83. The lowest BCUT2D eigenvalue weighted by Crippen LogP contribution is -2.72. The number of fused-ring (bicyclic) bond motifs is 2. The van der Waals surface area contributed by atoms with Gasteiger partial charge in [-0.1, -0.05) is 13.5 Å². The molecule has 5 aliphatic rings. The molecular weight excluding hydrogens is 372 g/mol. The number of rotatable bonds is 4. The Balaban J connectivity index is 1.42. The van der Waals surface area contributed by atoms with Gasteiger partial charge in [-0.15, -0.1) is 0 Å². The average molecular weight is 400 g/mol. The summed E-state index contributed by atoms with van der Waals surface area (Å²) in [5.41, 5.74) is -1.22. The van der Waals surface area contributed by atoms with Crippen molar-refractivity contribution < 1.29 is 29.0 Å². The Morgan fingerprint density at radius 3 is 2.90 bits per heavy atom. The molecular formula is C23H28O6. The maximum atomic E-state index is 12.9. The summed E-state index contributed by atoms with van der Waals surface area (Å²) in [7, 11) is 0. The lowest BCUT2D eigenvalue weighted by atomic mass is 9.45. The van der Waals surface area contributed by atoms with E-state index in [0.29, 0.717) is 31.1 Å². The second kappa shape index (κ2) is 6.11. The third-order valence-corrected chi connectivity index (χ3v) is 8.83. The lowest BCUT2D eigenvalue weighted by molar-refractivity contribution is -0.317. The summed E-state index contributed by atoms with van der Waals surface area (Å²) in [6.45, 7) is 4.92. The zero-order chi connectivity index (χ0) is 20.6. The summed E-state index contributed by atoms with van der Waals surface area (Å²) >= 11 is 0. The number of hydrogen-bond donors (Lipinski definition) is 1. The molecule has 1 aliphatic heterocycles. The minimum atomic E-state index is -1.51. The van der Waals surface area contributed by atoms with Gasteiger partial charge in [-0.25, -0.2) is 4.79 Å². The van der Waals surface area contributed by atoms with E-state index in [1.165, 1.54) is 0 Å². The molecule has 0 aromatic carbocycles. The smallest absolute Gasteiger partial charge is 0.330 e. The maximum Gasteiger partial charge on any atom is 0.330 e. The number of ketones is 2. The van der Waals surface area contributed by atoms with Gasteiger partial charge in [0, 0.05) is 23.8 Å². The van der Waals surface area contributed by atoms with E-state index in [-0.39, 0.29) is 23.4 Å². The van der Waals surface area contributed by atoms with Gasteiger partial charge in [-0.3, -0.25) is 9.59 Å². The van der Waals surface area contributed by atoms with Crippen LogP contribution in [0.5, 0.6) is 0 Å². The maximum absolute atomic E-state index is 12.9. The molecule has 7 atom stereocenters. The Morgan fingerprint density at radius 1 is 1.34 bits per heavy atom. The Labute approximate surface area is 170 Å². The minimum absolute atomic E-state index is 0.00584. The fourth-order valence-electron chi connectivity index (χ4n) is 7.52. The summed E-state index contributed by atoms with van der Waals surface area (Å²) in [6.07, 6.45) is 7.77. The van der Waals surface area contributed by atoms with Crippen molar-refractivity contribution in [3.05, 3.63) is 24.3 Å². The van der Waals surface area contributed by atoms with Crippen molar-refractivity contribution in [2.24, 2.45) is 23.2 Å². The summed E-state index contributed by atoms with van der Waals surface area (Å²) < 4.78 is 11.4. The number of Topliss-reactive ketones (excluding diaryl/α,β-unsaturated/α-hetero) is 1. The molecule has 1 spiro atoms. The molecule has 0 radical (unpaired) electrons. The Bertz CT molecular complexity index is 844. The SMILES string of the molecule is C=CC(=O)OCC(=O)C1(O)CCC2C3CCC4=CC(=O)CCC45OC(CC21C)C35. The standard InChI is InChI=1S/C23H28O6/c1-3-19(26)28-12-18(25)23(27)9-7-16-15-5-4-13-10-14(24)6-8-22(13)20(15)17(29-22)11-21(16,23)2/h3,10,15-17,20,27H,1,4-9,11-12H2,2H3. The molecule has 6 nitrogen and oxygen atoms in total. The van der Waals surface area contributed by atoms with Gasteiger partial charge in [0.1, 0.15) is 5.60 Å². The highest BCUT2D eigenvalue weighted by atomic mass is 16.5. The van der Waals surface area contributed by atoms with Gasteiger partial charge in [0.05, 0.1) is 11.7 Å². The predicted molar refractivity (Wildman–Crippen MR) is 103 cm³/mol. The second-order valence-electron chi connectivity index (χ2n) is 9.77. The number of esters is 1. The van der Waals surface area contributed by atoms with Crippen LogP contribution >= 0.6 is 0 Å². The molecule has 4 fully saturated rings. The summed E-state index contributed by atoms with van der Waals surface area (Å²) in [6, 6.07) is 0. The van der Waals surface area contributed by atoms with E-state index in [9.17, 15) is 19.5 Å². The first-order valence-corrected chi connectivity index (χ1v) is 10.7. The van der Waals surface area contributed by atoms with E-state index >= 15 is 0 Å². The fourth-order valence-corrected chi connectivity index (χ4v) is 7.52. The lowest BCUT2D eigenvalue weighted by Gasteiger charge is -2.69. The number of hydrogen-bond acceptors (Lipinski definition) is 6. The van der Waals surface area contributed by atoms with Crippen LogP contribution in [0.25, 0.3) is 0 Å². The predicted octanol–water partition coefficient (Wildman–Crippen LogP) is 2.29. The number of aliphatic hydroxyl groups is 1. The molecule has 3 saturated carbocycles. The quantitative estimate of drug-likeness (QED) is 0.575.